The number of primary amides is 1. The largest absolute Gasteiger partial charge is 0.488 e. The van der Waals surface area contributed by atoms with E-state index in [2.05, 4.69) is 10.6 Å². The molecule has 0 radical (unpaired) electrons. The molecule has 2 aliphatic rings. The Kier molecular flexibility index (Phi) is 6.35. The third-order valence-corrected chi connectivity index (χ3v) is 5.55. The molecule has 0 saturated carbocycles. The Labute approximate surface area is 184 Å². The first-order chi connectivity index (χ1) is 15.5. The van der Waals surface area contributed by atoms with Crippen molar-refractivity contribution in [2.75, 3.05) is 19.7 Å². The summed E-state index contributed by atoms with van der Waals surface area (Å²) in [5.41, 5.74) is 7.98. The van der Waals surface area contributed by atoms with Crippen molar-refractivity contribution in [1.29, 1.82) is 5.26 Å². The van der Waals surface area contributed by atoms with Crippen LogP contribution >= 0.6 is 0 Å². The van der Waals surface area contributed by atoms with Gasteiger partial charge >= 0.3 is 0 Å². The van der Waals surface area contributed by atoms with Crippen LogP contribution in [0, 0.1) is 17.1 Å². The number of benzene rings is 2. The van der Waals surface area contributed by atoms with Crippen molar-refractivity contribution in [3.63, 3.8) is 0 Å². The van der Waals surface area contributed by atoms with Crippen LogP contribution in [0.3, 0.4) is 0 Å². The highest BCUT2D eigenvalue weighted by Gasteiger charge is 2.26. The molecule has 0 bridgehead atoms. The zero-order valence-corrected chi connectivity index (χ0v) is 17.3. The summed E-state index contributed by atoms with van der Waals surface area (Å²) in [5.74, 6) is -0.990. The van der Waals surface area contributed by atoms with E-state index in [1.807, 2.05) is 6.07 Å². The van der Waals surface area contributed by atoms with Gasteiger partial charge in [0.1, 0.15) is 30.3 Å². The molecule has 2 atom stereocenters. The zero-order valence-electron chi connectivity index (χ0n) is 17.3. The van der Waals surface area contributed by atoms with Gasteiger partial charge in [0.25, 0.3) is 5.91 Å². The van der Waals surface area contributed by atoms with E-state index in [-0.39, 0.29) is 18.6 Å². The number of fused-ring (bicyclic) bond motifs is 3. The van der Waals surface area contributed by atoms with Crippen molar-refractivity contribution in [2.45, 2.75) is 31.6 Å². The number of rotatable bonds is 5. The third kappa shape index (κ3) is 4.56. The summed E-state index contributed by atoms with van der Waals surface area (Å²) in [6.45, 7) is 1.79. The predicted octanol–water partition coefficient (Wildman–Crippen LogP) is 1.41. The second-order valence-electron chi connectivity index (χ2n) is 7.78. The summed E-state index contributed by atoms with van der Waals surface area (Å²) in [5, 5.41) is 15.3. The Balaban J connectivity index is 1.52. The smallest absolute Gasteiger partial charge is 0.251 e. The Morgan fingerprint density at radius 1 is 1.31 bits per heavy atom. The SMILES string of the molecule is N#C[C@H](Cc1cc2c(cc1F)-c1ccc(C(N)=O)cc1CO2)NC(=O)[C@@H]1CNCCCO1. The molecule has 166 valence electrons. The summed E-state index contributed by atoms with van der Waals surface area (Å²) < 4.78 is 26.2. The Bertz CT molecular complexity index is 1090. The van der Waals surface area contributed by atoms with Gasteiger partial charge in [0.2, 0.25) is 5.91 Å². The first kappa shape index (κ1) is 21.7. The van der Waals surface area contributed by atoms with E-state index in [0.717, 1.165) is 24.1 Å². The summed E-state index contributed by atoms with van der Waals surface area (Å²) in [4.78, 5) is 23.9. The second-order valence-corrected chi connectivity index (χ2v) is 7.78. The maximum Gasteiger partial charge on any atom is 0.251 e. The van der Waals surface area contributed by atoms with Crippen LogP contribution in [-0.4, -0.2) is 43.7 Å². The zero-order chi connectivity index (χ0) is 22.7. The number of nitrogens with one attached hydrogen (secondary N) is 2. The Hall–Kier alpha value is -3.48. The molecule has 0 unspecified atom stereocenters. The minimum absolute atomic E-state index is 0.0155. The lowest BCUT2D eigenvalue weighted by atomic mass is 9.93. The van der Waals surface area contributed by atoms with Gasteiger partial charge in [0.05, 0.1) is 6.07 Å². The minimum atomic E-state index is -0.920. The van der Waals surface area contributed by atoms with Crippen LogP contribution in [-0.2, 0) is 22.6 Å². The fourth-order valence-corrected chi connectivity index (χ4v) is 3.86. The van der Waals surface area contributed by atoms with Gasteiger partial charge < -0.3 is 25.8 Å². The molecule has 1 fully saturated rings. The average molecular weight is 438 g/mol. The molecular weight excluding hydrogens is 415 g/mol. The number of hydrogen-bond donors (Lipinski definition) is 3. The van der Waals surface area contributed by atoms with E-state index in [1.165, 1.54) is 6.07 Å². The first-order valence-electron chi connectivity index (χ1n) is 10.4. The van der Waals surface area contributed by atoms with Crippen LogP contribution in [0.2, 0.25) is 0 Å². The molecule has 8 nitrogen and oxygen atoms in total. The number of nitriles is 1. The van der Waals surface area contributed by atoms with Gasteiger partial charge in [-0.1, -0.05) is 6.07 Å². The van der Waals surface area contributed by atoms with Crippen LogP contribution in [0.1, 0.15) is 27.9 Å². The van der Waals surface area contributed by atoms with Crippen molar-refractivity contribution in [3.8, 4) is 22.9 Å². The fraction of sp³-hybridized carbons (Fsp3) is 0.348. The van der Waals surface area contributed by atoms with E-state index in [0.29, 0.717) is 30.0 Å². The number of amides is 2. The standard InChI is InChI=1S/C23H23FN4O4/c24-19-9-18-17-3-2-13(22(26)29)6-15(17)12-32-20(18)8-14(19)7-16(10-25)28-23(30)21-11-27-4-1-5-31-21/h2-3,6,8-9,16,21,27H,1,4-5,7,11-12H2,(H2,26,29)(H,28,30)/t16-,21-/m0/s1. The van der Waals surface area contributed by atoms with Crippen molar-refractivity contribution < 1.29 is 23.5 Å². The van der Waals surface area contributed by atoms with E-state index < -0.39 is 29.8 Å². The maximum absolute atomic E-state index is 14.9. The van der Waals surface area contributed by atoms with Crippen molar-refractivity contribution in [1.82, 2.24) is 10.6 Å². The highest BCUT2D eigenvalue weighted by molar-refractivity contribution is 5.94. The topological polar surface area (TPSA) is 126 Å². The van der Waals surface area contributed by atoms with Crippen LogP contribution in [0.4, 0.5) is 4.39 Å². The van der Waals surface area contributed by atoms with Crippen molar-refractivity contribution in [3.05, 3.63) is 52.8 Å². The van der Waals surface area contributed by atoms with Gasteiger partial charge in [-0.15, -0.1) is 0 Å². The number of hydrogen-bond acceptors (Lipinski definition) is 6. The number of nitrogens with two attached hydrogens (primary N) is 1. The average Bonchev–Trinajstić information content (AvgIpc) is 3.08. The van der Waals surface area contributed by atoms with Gasteiger partial charge in [0.15, 0.2) is 0 Å². The summed E-state index contributed by atoms with van der Waals surface area (Å²) in [6.07, 6.45) is 0.101. The molecule has 9 heteroatoms. The molecule has 1 saturated heterocycles. The van der Waals surface area contributed by atoms with Crippen LogP contribution in [0.15, 0.2) is 30.3 Å². The Morgan fingerprint density at radius 3 is 2.94 bits per heavy atom. The monoisotopic (exact) mass is 438 g/mol. The molecular formula is C23H23FN4O4. The van der Waals surface area contributed by atoms with E-state index in [4.69, 9.17) is 15.2 Å². The third-order valence-electron chi connectivity index (χ3n) is 5.55. The van der Waals surface area contributed by atoms with E-state index in [9.17, 15) is 19.2 Å². The summed E-state index contributed by atoms with van der Waals surface area (Å²) >= 11 is 0. The fourth-order valence-electron chi connectivity index (χ4n) is 3.86. The molecule has 0 spiro atoms. The lowest BCUT2D eigenvalue weighted by Gasteiger charge is -2.23. The molecule has 0 aromatic heterocycles. The van der Waals surface area contributed by atoms with E-state index >= 15 is 0 Å². The number of nitrogens with zero attached hydrogens (tertiary/aromatic N) is 1. The number of carbonyl (C=O) groups is 2. The molecule has 2 aromatic rings. The summed E-state index contributed by atoms with van der Waals surface area (Å²) in [7, 11) is 0. The van der Waals surface area contributed by atoms with Gasteiger partial charge in [-0.2, -0.15) is 5.26 Å². The summed E-state index contributed by atoms with van der Waals surface area (Å²) in [6, 6.07) is 8.94. The highest BCUT2D eigenvalue weighted by Crippen LogP contribution is 2.39. The molecule has 2 amide bonds. The normalized spacial score (nSPS) is 18.2. The minimum Gasteiger partial charge on any atom is -0.488 e. The quantitative estimate of drug-likeness (QED) is 0.648. The number of halogens is 1. The van der Waals surface area contributed by atoms with Gasteiger partial charge in [-0.05, 0) is 53.9 Å². The maximum atomic E-state index is 14.9. The van der Waals surface area contributed by atoms with Crippen molar-refractivity contribution in [2.24, 2.45) is 5.73 Å². The molecule has 2 aliphatic heterocycles. The lowest BCUT2D eigenvalue weighted by molar-refractivity contribution is -0.132. The van der Waals surface area contributed by atoms with Crippen LogP contribution in [0.25, 0.3) is 11.1 Å². The first-order valence-corrected chi connectivity index (χ1v) is 10.4. The Morgan fingerprint density at radius 2 is 2.16 bits per heavy atom. The van der Waals surface area contributed by atoms with Crippen LogP contribution in [0.5, 0.6) is 5.75 Å². The molecule has 0 aliphatic carbocycles. The molecule has 32 heavy (non-hydrogen) atoms. The lowest BCUT2D eigenvalue weighted by Crippen LogP contribution is -2.46. The van der Waals surface area contributed by atoms with Gasteiger partial charge in [0, 0.05) is 30.7 Å². The molecule has 4 N–H and O–H groups in total. The number of ether oxygens (including phenoxy) is 2. The van der Waals surface area contributed by atoms with Gasteiger partial charge in [-0.25, -0.2) is 4.39 Å². The number of carbonyl (C=O) groups excluding carboxylic acids is 2. The molecule has 4 rings (SSSR count). The second kappa shape index (κ2) is 9.34. The van der Waals surface area contributed by atoms with E-state index in [1.54, 1.807) is 24.3 Å². The highest BCUT2D eigenvalue weighted by atomic mass is 19.1. The predicted molar refractivity (Wildman–Crippen MR) is 113 cm³/mol. The molecule has 2 aromatic carbocycles. The molecule has 2 heterocycles. The van der Waals surface area contributed by atoms with Crippen molar-refractivity contribution >= 4 is 11.8 Å². The van der Waals surface area contributed by atoms with Gasteiger partial charge in [-0.3, -0.25) is 9.59 Å². The van der Waals surface area contributed by atoms with Crippen LogP contribution < -0.4 is 21.1 Å².